The average Bonchev–Trinajstić information content (AvgIpc) is 2.87. The third-order valence-corrected chi connectivity index (χ3v) is 8.50. The van der Waals surface area contributed by atoms with Crippen LogP contribution in [-0.2, 0) is 9.59 Å². The molecule has 0 aliphatic carbocycles. The van der Waals surface area contributed by atoms with Gasteiger partial charge in [-0.25, -0.2) is 9.59 Å². The second kappa shape index (κ2) is 13.9. The molecule has 0 radical (unpaired) electrons. The summed E-state index contributed by atoms with van der Waals surface area (Å²) < 4.78 is 0. The van der Waals surface area contributed by atoms with Crippen LogP contribution in [0.3, 0.4) is 0 Å². The highest BCUT2D eigenvalue weighted by Crippen LogP contribution is 2.40. The SMILES string of the molecule is CC[C@@H](C)[C@H](NC(=O)c1ccccc1SSc1ccccc1C(=O)N[C@H](C(=O)O)[C@H](C)CC)C(=O)O. The molecule has 8 nitrogen and oxygen atoms in total. The molecular weight excluding hydrogens is 500 g/mol. The van der Waals surface area contributed by atoms with Crippen LogP contribution in [0.1, 0.15) is 61.3 Å². The van der Waals surface area contributed by atoms with Crippen molar-refractivity contribution in [2.24, 2.45) is 11.8 Å². The Morgan fingerprint density at radius 3 is 1.33 bits per heavy atom. The number of carboxylic acids is 2. The minimum atomic E-state index is -1.09. The van der Waals surface area contributed by atoms with Crippen molar-refractivity contribution < 1.29 is 29.4 Å². The van der Waals surface area contributed by atoms with E-state index in [2.05, 4.69) is 10.6 Å². The summed E-state index contributed by atoms with van der Waals surface area (Å²) in [5.41, 5.74) is 0.656. The van der Waals surface area contributed by atoms with Gasteiger partial charge in [-0.1, -0.05) is 86.4 Å². The van der Waals surface area contributed by atoms with Gasteiger partial charge < -0.3 is 20.8 Å². The van der Waals surface area contributed by atoms with E-state index in [0.29, 0.717) is 33.8 Å². The Balaban J connectivity index is 2.22. The van der Waals surface area contributed by atoms with Crippen LogP contribution in [-0.4, -0.2) is 46.0 Å². The second-order valence-electron chi connectivity index (χ2n) is 8.51. The third-order valence-electron chi connectivity index (χ3n) is 6.02. The van der Waals surface area contributed by atoms with Crippen LogP contribution in [0, 0.1) is 11.8 Å². The first kappa shape index (κ1) is 29.3. The van der Waals surface area contributed by atoms with E-state index >= 15 is 0 Å². The number of carboxylic acid groups (broad SMARTS) is 2. The summed E-state index contributed by atoms with van der Waals surface area (Å²) in [5, 5.41) is 24.3. The Hall–Kier alpha value is -2.98. The molecule has 2 aromatic rings. The fraction of sp³-hybridized carbons (Fsp3) is 0.385. The van der Waals surface area contributed by atoms with Crippen LogP contribution in [0.25, 0.3) is 0 Å². The number of hydrogen-bond donors (Lipinski definition) is 4. The van der Waals surface area contributed by atoms with E-state index in [4.69, 9.17) is 0 Å². The van der Waals surface area contributed by atoms with Crippen LogP contribution in [0.5, 0.6) is 0 Å². The minimum absolute atomic E-state index is 0.240. The van der Waals surface area contributed by atoms with Crippen molar-refractivity contribution in [3.05, 3.63) is 59.7 Å². The summed E-state index contributed by atoms with van der Waals surface area (Å²) >= 11 is 0. The maximum absolute atomic E-state index is 12.9. The smallest absolute Gasteiger partial charge is 0.326 e. The van der Waals surface area contributed by atoms with Gasteiger partial charge in [0.1, 0.15) is 12.1 Å². The summed E-state index contributed by atoms with van der Waals surface area (Å²) in [4.78, 5) is 50.4. The zero-order chi connectivity index (χ0) is 26.8. The lowest BCUT2D eigenvalue weighted by Gasteiger charge is -2.21. The monoisotopic (exact) mass is 532 g/mol. The van der Waals surface area contributed by atoms with Crippen LogP contribution >= 0.6 is 21.6 Å². The Morgan fingerprint density at radius 2 is 1.03 bits per heavy atom. The fourth-order valence-electron chi connectivity index (χ4n) is 3.35. The molecule has 0 bridgehead atoms. The van der Waals surface area contributed by atoms with Crippen molar-refractivity contribution in [2.45, 2.75) is 62.4 Å². The molecule has 4 N–H and O–H groups in total. The summed E-state index contributed by atoms with van der Waals surface area (Å²) in [6.07, 6.45) is 1.20. The van der Waals surface area contributed by atoms with Gasteiger partial charge in [-0.15, -0.1) is 0 Å². The van der Waals surface area contributed by atoms with Crippen molar-refractivity contribution in [3.63, 3.8) is 0 Å². The first-order valence-corrected chi connectivity index (χ1v) is 13.8. The van der Waals surface area contributed by atoms with E-state index in [9.17, 15) is 29.4 Å². The standard InChI is InChI=1S/C26H32N2O6S2/c1-5-15(3)21(25(31)32)27-23(29)17-11-7-9-13-19(17)35-36-20-14-10-8-12-18(20)24(30)28-22(26(33)34)16(4)6-2/h7-16,21-22H,5-6H2,1-4H3,(H,27,29)(H,28,30)(H,31,32)(H,33,34)/t15-,16-,21+,22+/m1/s1. The lowest BCUT2D eigenvalue weighted by atomic mass is 9.99. The highest BCUT2D eigenvalue weighted by Gasteiger charge is 2.28. The number of aliphatic carboxylic acids is 2. The number of benzene rings is 2. The lowest BCUT2D eigenvalue weighted by Crippen LogP contribution is -2.45. The molecule has 0 aliphatic heterocycles. The fourth-order valence-corrected chi connectivity index (χ4v) is 5.71. The van der Waals surface area contributed by atoms with E-state index in [0.717, 1.165) is 0 Å². The van der Waals surface area contributed by atoms with Gasteiger partial charge >= 0.3 is 11.9 Å². The number of nitrogens with one attached hydrogen (secondary N) is 2. The van der Waals surface area contributed by atoms with Crippen molar-refractivity contribution in [2.75, 3.05) is 0 Å². The van der Waals surface area contributed by atoms with E-state index in [-0.39, 0.29) is 11.8 Å². The normalized spacial score (nSPS) is 14.2. The largest absolute Gasteiger partial charge is 0.480 e. The van der Waals surface area contributed by atoms with Crippen molar-refractivity contribution >= 4 is 45.3 Å². The quantitative estimate of drug-likeness (QED) is 0.267. The van der Waals surface area contributed by atoms with Crippen LogP contribution in [0.2, 0.25) is 0 Å². The summed E-state index contributed by atoms with van der Waals surface area (Å²) in [7, 11) is 2.52. The van der Waals surface area contributed by atoms with E-state index in [1.54, 1.807) is 62.4 Å². The maximum Gasteiger partial charge on any atom is 0.326 e. The number of rotatable bonds is 13. The molecule has 4 atom stereocenters. The van der Waals surface area contributed by atoms with E-state index < -0.39 is 35.8 Å². The molecule has 2 amide bonds. The van der Waals surface area contributed by atoms with Crippen LogP contribution in [0.4, 0.5) is 0 Å². The molecule has 0 unspecified atom stereocenters. The minimum Gasteiger partial charge on any atom is -0.480 e. The number of carbonyl (C=O) groups excluding carboxylic acids is 2. The molecule has 0 saturated carbocycles. The first-order valence-electron chi connectivity index (χ1n) is 11.7. The van der Waals surface area contributed by atoms with Gasteiger partial charge in [0, 0.05) is 9.79 Å². The van der Waals surface area contributed by atoms with Gasteiger partial charge in [0.15, 0.2) is 0 Å². The number of amides is 2. The average molecular weight is 533 g/mol. The van der Waals surface area contributed by atoms with Crippen molar-refractivity contribution in [3.8, 4) is 0 Å². The van der Waals surface area contributed by atoms with Crippen LogP contribution < -0.4 is 10.6 Å². The second-order valence-corrected chi connectivity index (χ2v) is 10.7. The Morgan fingerprint density at radius 1 is 0.694 bits per heavy atom. The molecule has 0 spiro atoms. The molecule has 36 heavy (non-hydrogen) atoms. The van der Waals surface area contributed by atoms with E-state index in [1.807, 2.05) is 13.8 Å². The topological polar surface area (TPSA) is 133 Å². The molecular formula is C26H32N2O6S2. The summed E-state index contributed by atoms with van der Waals surface area (Å²) in [6.45, 7) is 7.27. The summed E-state index contributed by atoms with van der Waals surface area (Å²) in [5.74, 6) is -3.64. The lowest BCUT2D eigenvalue weighted by molar-refractivity contribution is -0.141. The Bertz CT molecular complexity index is 1010. The molecule has 0 aliphatic rings. The molecule has 0 aromatic heterocycles. The van der Waals surface area contributed by atoms with Gasteiger partial charge in [-0.05, 0) is 36.1 Å². The zero-order valence-corrected chi connectivity index (χ0v) is 22.3. The highest BCUT2D eigenvalue weighted by atomic mass is 33.1. The molecule has 10 heteroatoms. The Kier molecular flexibility index (Phi) is 11.3. The van der Waals surface area contributed by atoms with Gasteiger partial charge in [-0.3, -0.25) is 9.59 Å². The Labute approximate surface area is 219 Å². The third kappa shape index (κ3) is 7.76. The predicted molar refractivity (Wildman–Crippen MR) is 141 cm³/mol. The zero-order valence-electron chi connectivity index (χ0n) is 20.7. The highest BCUT2D eigenvalue weighted by molar-refractivity contribution is 8.76. The molecule has 0 fully saturated rings. The summed E-state index contributed by atoms with van der Waals surface area (Å²) in [6, 6.07) is 11.7. The number of carbonyl (C=O) groups is 4. The molecule has 2 rings (SSSR count). The van der Waals surface area contributed by atoms with Gasteiger partial charge in [-0.2, -0.15) is 0 Å². The van der Waals surface area contributed by atoms with Crippen LogP contribution in [0.15, 0.2) is 58.3 Å². The first-order chi connectivity index (χ1) is 17.1. The maximum atomic E-state index is 12.9. The molecule has 2 aromatic carbocycles. The van der Waals surface area contributed by atoms with Crippen molar-refractivity contribution in [1.82, 2.24) is 10.6 Å². The molecule has 0 saturated heterocycles. The molecule has 0 heterocycles. The molecule has 194 valence electrons. The van der Waals surface area contributed by atoms with Gasteiger partial charge in [0.25, 0.3) is 11.8 Å². The van der Waals surface area contributed by atoms with E-state index in [1.165, 1.54) is 21.6 Å². The predicted octanol–water partition coefficient (Wildman–Crippen LogP) is 4.94. The van der Waals surface area contributed by atoms with Gasteiger partial charge in [0.2, 0.25) is 0 Å². The van der Waals surface area contributed by atoms with Crippen molar-refractivity contribution in [1.29, 1.82) is 0 Å². The number of hydrogen-bond acceptors (Lipinski definition) is 6. The van der Waals surface area contributed by atoms with Gasteiger partial charge in [0.05, 0.1) is 11.1 Å².